The number of thiazole rings is 1. The Morgan fingerprint density at radius 1 is 1.28 bits per heavy atom. The van der Waals surface area contributed by atoms with E-state index in [1.54, 1.807) is 24.3 Å². The van der Waals surface area contributed by atoms with E-state index in [1.165, 1.54) is 23.5 Å². The largest absolute Gasteiger partial charge is 0.497 e. The predicted molar refractivity (Wildman–Crippen MR) is 155 cm³/mol. The minimum atomic E-state index is -5.51. The zero-order valence-electron chi connectivity index (χ0n) is 23.6. The number of nitrogen functional groups attached to an aromatic ring is 1. The highest BCUT2D eigenvalue weighted by molar-refractivity contribution is 8.00. The van der Waals surface area contributed by atoms with E-state index in [4.69, 9.17) is 10.5 Å². The summed E-state index contributed by atoms with van der Waals surface area (Å²) in [5.41, 5.74) is 5.22. The number of benzene rings is 1. The van der Waals surface area contributed by atoms with Gasteiger partial charge in [-0.05, 0) is 35.8 Å². The molecule has 46 heavy (non-hydrogen) atoms. The lowest BCUT2D eigenvalue weighted by molar-refractivity contribution is -0.201. The van der Waals surface area contributed by atoms with Gasteiger partial charge < -0.3 is 30.6 Å². The summed E-state index contributed by atoms with van der Waals surface area (Å²) in [5, 5.41) is 15.0. The van der Waals surface area contributed by atoms with Crippen LogP contribution in [-0.2, 0) is 35.3 Å². The third-order valence-electron chi connectivity index (χ3n) is 7.04. The van der Waals surface area contributed by atoms with Crippen LogP contribution >= 0.6 is 23.1 Å². The fourth-order valence-electron chi connectivity index (χ4n) is 4.91. The number of thioether (sulfide) groups is 1. The van der Waals surface area contributed by atoms with Crippen molar-refractivity contribution in [2.75, 3.05) is 25.1 Å². The highest BCUT2D eigenvalue weighted by Crippen LogP contribution is 2.42. The fraction of sp³-hybridized carbons (Fsp3) is 0.296. The topological polar surface area (TPSA) is 194 Å². The van der Waals surface area contributed by atoms with Crippen molar-refractivity contribution in [3.63, 3.8) is 0 Å². The second-order valence-electron chi connectivity index (χ2n) is 9.93. The number of β-lactam (4-membered cyclic amide) rings is 1. The molecule has 3 amide bonds. The maximum Gasteiger partial charge on any atom is 0.491 e. The van der Waals surface area contributed by atoms with Gasteiger partial charge in [-0.2, -0.15) is 13.2 Å². The normalized spacial score (nSPS) is 20.9. The van der Waals surface area contributed by atoms with Crippen LogP contribution in [0.15, 0.2) is 57.7 Å². The molecule has 2 saturated heterocycles. The molecule has 0 bridgehead atoms. The molecule has 4 heterocycles. The van der Waals surface area contributed by atoms with E-state index in [1.807, 2.05) is 0 Å². The van der Waals surface area contributed by atoms with Gasteiger partial charge in [-0.1, -0.05) is 17.3 Å². The van der Waals surface area contributed by atoms with Gasteiger partial charge in [-0.25, -0.2) is 14.6 Å². The molecule has 0 saturated carbocycles. The van der Waals surface area contributed by atoms with Gasteiger partial charge in [0.2, 0.25) is 5.91 Å². The van der Waals surface area contributed by atoms with Crippen LogP contribution in [0.3, 0.4) is 0 Å². The molecule has 0 spiro atoms. The average molecular weight is 681 g/mol. The van der Waals surface area contributed by atoms with Crippen molar-refractivity contribution in [2.45, 2.75) is 30.6 Å². The van der Waals surface area contributed by atoms with Crippen molar-refractivity contribution in [2.24, 2.45) is 5.16 Å². The molecule has 2 atom stereocenters. The molecule has 1 aromatic heterocycles. The number of fused-ring (bicyclic) bond motifs is 1. The molecule has 3 aliphatic heterocycles. The smallest absolute Gasteiger partial charge is 0.491 e. The summed E-state index contributed by atoms with van der Waals surface area (Å²) >= 11 is 1.99. The summed E-state index contributed by atoms with van der Waals surface area (Å²) in [5.74, 6) is -6.42. The van der Waals surface area contributed by atoms with Gasteiger partial charge in [0, 0.05) is 29.8 Å². The number of carbonyl (C=O) groups excluding carboxylic acids is 5. The molecule has 3 aliphatic rings. The van der Waals surface area contributed by atoms with Gasteiger partial charge >= 0.3 is 18.1 Å². The van der Waals surface area contributed by atoms with Gasteiger partial charge in [0.05, 0.1) is 7.11 Å². The summed E-state index contributed by atoms with van der Waals surface area (Å²) in [4.78, 5) is 70.0. The Kier molecular flexibility index (Phi) is 9.06. The lowest BCUT2D eigenvalue weighted by Gasteiger charge is -2.49. The van der Waals surface area contributed by atoms with Crippen molar-refractivity contribution < 1.29 is 51.8 Å². The van der Waals surface area contributed by atoms with Crippen LogP contribution in [0.2, 0.25) is 0 Å². The molecule has 4 N–H and O–H groups in total. The Balaban J connectivity index is 1.40. The Hall–Kier alpha value is -4.91. The van der Waals surface area contributed by atoms with Crippen LogP contribution in [0.25, 0.3) is 0 Å². The number of amides is 3. The maximum atomic E-state index is 13.2. The molecule has 242 valence electrons. The van der Waals surface area contributed by atoms with Crippen LogP contribution in [0, 0.1) is 0 Å². The number of hydrogen-bond acceptors (Lipinski definition) is 13. The lowest BCUT2D eigenvalue weighted by atomic mass is 10.0. The third-order valence-corrected chi connectivity index (χ3v) is 9.02. The van der Waals surface area contributed by atoms with E-state index in [0.29, 0.717) is 12.3 Å². The first kappa shape index (κ1) is 32.5. The van der Waals surface area contributed by atoms with E-state index in [2.05, 4.69) is 20.2 Å². The van der Waals surface area contributed by atoms with Gasteiger partial charge in [0.15, 0.2) is 10.8 Å². The zero-order valence-corrected chi connectivity index (χ0v) is 25.2. The summed E-state index contributed by atoms with van der Waals surface area (Å²) in [6.07, 6.45) is -3.98. The molecule has 0 aliphatic carbocycles. The second-order valence-corrected chi connectivity index (χ2v) is 11.9. The number of aromatic nitrogens is 1. The molecule has 1 aromatic carbocycles. The minimum absolute atomic E-state index is 0.0264. The standard InChI is InChI=1S/C27H23F3N6O8S2/c1-43-15-4-2-3-12(7-15)9-35-6-5-13(21(35)38)8-14-10-45-23-18(33-20(37)17(34-42)16-11-46-26(31)32-16)22(39)36(23)19(14)24(40)44-25(41)27(28,29)30/h2-4,7-8,11,18,23,42H,5-6,9-10H2,1H3,(H2,31,32)(H,33,37)/b13-8+,34-17-/t18-,23-/m1/s1. The van der Waals surface area contributed by atoms with E-state index >= 15 is 0 Å². The number of alkyl halides is 3. The number of methoxy groups -OCH3 is 1. The van der Waals surface area contributed by atoms with Gasteiger partial charge in [0.25, 0.3) is 11.8 Å². The van der Waals surface area contributed by atoms with E-state index in [-0.39, 0.29) is 40.7 Å². The van der Waals surface area contributed by atoms with E-state index < -0.39 is 58.7 Å². The number of ether oxygens (including phenoxy) is 2. The van der Waals surface area contributed by atoms with Crippen LogP contribution in [0.1, 0.15) is 17.7 Å². The summed E-state index contributed by atoms with van der Waals surface area (Å²) in [6.45, 7) is 0.532. The summed E-state index contributed by atoms with van der Waals surface area (Å²) < 4.78 is 48.1. The Bertz CT molecular complexity index is 1720. The van der Waals surface area contributed by atoms with E-state index in [0.717, 1.165) is 33.6 Å². The number of esters is 2. The molecule has 0 radical (unpaired) electrons. The van der Waals surface area contributed by atoms with Crippen LogP contribution in [0.4, 0.5) is 18.3 Å². The first-order valence-corrected chi connectivity index (χ1v) is 15.1. The van der Waals surface area contributed by atoms with E-state index in [9.17, 15) is 42.4 Å². The molecule has 0 unspecified atom stereocenters. The Morgan fingerprint density at radius 2 is 2.04 bits per heavy atom. The SMILES string of the molecule is COc1cccc(CN2CC/C(=C\C3=C(C(=O)OC(=O)C(F)(F)F)N4C(=O)[C@@H](NC(=O)/C(=N\O)c5csc(N)n5)[C@H]4SC3)C2=O)c1. The molecule has 14 nitrogen and oxygen atoms in total. The quantitative estimate of drug-likeness (QED) is 0.0697. The number of rotatable bonds is 8. The van der Waals surface area contributed by atoms with Crippen molar-refractivity contribution >= 4 is 63.6 Å². The average Bonchev–Trinajstić information content (AvgIpc) is 3.60. The number of carbonyl (C=O) groups is 5. The molecule has 19 heteroatoms. The highest BCUT2D eigenvalue weighted by atomic mass is 32.2. The second kappa shape index (κ2) is 12.8. The zero-order chi connectivity index (χ0) is 33.3. The van der Waals surface area contributed by atoms with Crippen molar-refractivity contribution in [3.05, 3.63) is 63.8 Å². The number of hydrogen-bond donors (Lipinski definition) is 3. The molecule has 2 fully saturated rings. The third kappa shape index (κ3) is 6.41. The molecule has 5 rings (SSSR count). The first-order chi connectivity index (χ1) is 21.8. The number of halogens is 3. The molecule has 2 aromatic rings. The van der Waals surface area contributed by atoms with Crippen LogP contribution in [-0.4, -0.2) is 92.4 Å². The fourth-order valence-corrected chi connectivity index (χ4v) is 6.76. The number of oxime groups is 1. The minimum Gasteiger partial charge on any atom is -0.497 e. The first-order valence-electron chi connectivity index (χ1n) is 13.2. The maximum absolute atomic E-state index is 13.2. The van der Waals surface area contributed by atoms with Crippen molar-refractivity contribution in [1.29, 1.82) is 0 Å². The lowest BCUT2D eigenvalue weighted by Crippen LogP contribution is -2.71. The predicted octanol–water partition coefficient (Wildman–Crippen LogP) is 1.56. The molecular weight excluding hydrogens is 657 g/mol. The van der Waals surface area contributed by atoms with Crippen LogP contribution < -0.4 is 15.8 Å². The number of nitrogens with one attached hydrogen (secondary N) is 1. The van der Waals surface area contributed by atoms with Crippen LogP contribution in [0.5, 0.6) is 5.75 Å². The number of anilines is 1. The number of nitrogens with two attached hydrogens (primary N) is 1. The number of nitrogens with zero attached hydrogens (tertiary/aromatic N) is 4. The van der Waals surface area contributed by atoms with Crippen molar-refractivity contribution in [1.82, 2.24) is 20.1 Å². The van der Waals surface area contributed by atoms with Gasteiger partial charge in [-0.15, -0.1) is 23.1 Å². The Morgan fingerprint density at radius 3 is 2.70 bits per heavy atom. The van der Waals surface area contributed by atoms with Gasteiger partial charge in [-0.3, -0.25) is 19.3 Å². The number of allylic oxidation sites excluding steroid dienone is 1. The summed E-state index contributed by atoms with van der Waals surface area (Å²) in [7, 11) is 1.51. The Labute approximate surface area is 265 Å². The highest BCUT2D eigenvalue weighted by Gasteiger charge is 2.55. The van der Waals surface area contributed by atoms with Crippen molar-refractivity contribution in [3.8, 4) is 5.75 Å². The molecular formula is C27H23F3N6O8S2. The van der Waals surface area contributed by atoms with Gasteiger partial charge in [0.1, 0.15) is 28.6 Å². The number of likely N-dealkylation sites (tertiary alicyclic amines) is 1. The summed E-state index contributed by atoms with van der Waals surface area (Å²) in [6, 6.07) is 5.75. The monoisotopic (exact) mass is 680 g/mol.